The van der Waals surface area contributed by atoms with Gasteiger partial charge in [0.1, 0.15) is 5.75 Å². The summed E-state index contributed by atoms with van der Waals surface area (Å²) in [6, 6.07) is 4.16. The fourth-order valence-corrected chi connectivity index (χ4v) is 2.01. The Morgan fingerprint density at radius 2 is 2.07 bits per heavy atom. The van der Waals surface area contributed by atoms with Gasteiger partial charge in [-0.3, -0.25) is 4.79 Å². The summed E-state index contributed by atoms with van der Waals surface area (Å²) in [5, 5.41) is 0. The van der Waals surface area contributed by atoms with Crippen LogP contribution >= 0.6 is 0 Å². The van der Waals surface area contributed by atoms with Crippen molar-refractivity contribution in [2.24, 2.45) is 0 Å². The van der Waals surface area contributed by atoms with Crippen LogP contribution in [0.15, 0.2) is 12.1 Å². The van der Waals surface area contributed by atoms with E-state index in [2.05, 4.69) is 19.9 Å². The second kappa shape index (κ2) is 3.12. The Labute approximate surface area is 83.9 Å². The molecule has 1 aliphatic rings. The Bertz CT molecular complexity index is 394. The molecule has 0 amide bonds. The summed E-state index contributed by atoms with van der Waals surface area (Å²) in [5.41, 5.74) is 3.45. The lowest BCUT2D eigenvalue weighted by Gasteiger charge is -2.23. The molecule has 0 aliphatic carbocycles. The van der Waals surface area contributed by atoms with E-state index in [0.717, 1.165) is 11.3 Å². The second-order valence-electron chi connectivity index (χ2n) is 4.08. The number of benzene rings is 1. The first kappa shape index (κ1) is 9.25. The van der Waals surface area contributed by atoms with Crippen molar-refractivity contribution in [3.8, 4) is 5.75 Å². The second-order valence-corrected chi connectivity index (χ2v) is 4.08. The number of carbonyl (C=O) groups excluding carboxylic acids is 1. The molecule has 14 heavy (non-hydrogen) atoms. The smallest absolute Gasteiger partial charge is 0.311 e. The highest BCUT2D eigenvalue weighted by Crippen LogP contribution is 2.36. The molecule has 0 fully saturated rings. The van der Waals surface area contributed by atoms with Gasteiger partial charge < -0.3 is 4.74 Å². The van der Waals surface area contributed by atoms with E-state index in [0.29, 0.717) is 6.42 Å². The van der Waals surface area contributed by atoms with Crippen LogP contribution in [0.3, 0.4) is 0 Å². The number of aryl methyl sites for hydroxylation is 2. The minimum Gasteiger partial charge on any atom is -0.426 e. The molecule has 0 N–H and O–H groups in total. The van der Waals surface area contributed by atoms with Crippen molar-refractivity contribution in [2.45, 2.75) is 33.1 Å². The van der Waals surface area contributed by atoms with Gasteiger partial charge in [0, 0.05) is 0 Å². The highest BCUT2D eigenvalue weighted by molar-refractivity contribution is 5.77. The number of carbonyl (C=O) groups is 1. The summed E-state index contributed by atoms with van der Waals surface area (Å²) in [7, 11) is 0. The number of esters is 1. The number of rotatable bonds is 0. The van der Waals surface area contributed by atoms with E-state index < -0.39 is 0 Å². The molecule has 0 spiro atoms. The van der Waals surface area contributed by atoms with Gasteiger partial charge in [-0.05, 0) is 30.9 Å². The van der Waals surface area contributed by atoms with Gasteiger partial charge in [0.25, 0.3) is 0 Å². The van der Waals surface area contributed by atoms with Gasteiger partial charge in [0.2, 0.25) is 0 Å². The van der Waals surface area contributed by atoms with E-state index in [1.54, 1.807) is 0 Å². The van der Waals surface area contributed by atoms with Gasteiger partial charge in [-0.2, -0.15) is 0 Å². The average molecular weight is 190 g/mol. The quantitative estimate of drug-likeness (QED) is 0.464. The standard InChI is InChI=1S/C12H14O2/c1-7-4-9(3)12-10(5-7)8(2)6-11(13)14-12/h4-5,8H,6H2,1-3H3. The Kier molecular flexibility index (Phi) is 2.06. The van der Waals surface area contributed by atoms with E-state index in [1.807, 2.05) is 13.0 Å². The van der Waals surface area contributed by atoms with E-state index in [9.17, 15) is 4.79 Å². The van der Waals surface area contributed by atoms with Crippen molar-refractivity contribution in [3.63, 3.8) is 0 Å². The predicted octanol–water partition coefficient (Wildman–Crippen LogP) is 2.72. The van der Waals surface area contributed by atoms with Gasteiger partial charge >= 0.3 is 5.97 Å². The van der Waals surface area contributed by atoms with Crippen molar-refractivity contribution in [1.82, 2.24) is 0 Å². The maximum absolute atomic E-state index is 11.3. The first-order valence-electron chi connectivity index (χ1n) is 4.89. The maximum Gasteiger partial charge on any atom is 0.311 e. The van der Waals surface area contributed by atoms with Crippen molar-refractivity contribution in [1.29, 1.82) is 0 Å². The fraction of sp³-hybridized carbons (Fsp3) is 0.417. The lowest BCUT2D eigenvalue weighted by molar-refractivity contribution is -0.135. The zero-order valence-electron chi connectivity index (χ0n) is 8.76. The molecular formula is C12H14O2. The largest absolute Gasteiger partial charge is 0.426 e. The summed E-state index contributed by atoms with van der Waals surface area (Å²) in [6.07, 6.45) is 0.496. The lowest BCUT2D eigenvalue weighted by Crippen LogP contribution is -2.19. The van der Waals surface area contributed by atoms with Crippen molar-refractivity contribution < 1.29 is 9.53 Å². The molecule has 0 saturated carbocycles. The van der Waals surface area contributed by atoms with Gasteiger partial charge in [0.05, 0.1) is 6.42 Å². The summed E-state index contributed by atoms with van der Waals surface area (Å²) in [6.45, 7) is 6.12. The first-order valence-corrected chi connectivity index (χ1v) is 4.89. The highest BCUT2D eigenvalue weighted by atomic mass is 16.5. The molecular weight excluding hydrogens is 176 g/mol. The summed E-state index contributed by atoms with van der Waals surface area (Å²) < 4.78 is 5.25. The van der Waals surface area contributed by atoms with Crippen LogP contribution in [0.5, 0.6) is 5.75 Å². The van der Waals surface area contributed by atoms with E-state index >= 15 is 0 Å². The SMILES string of the molecule is Cc1cc(C)c2c(c1)C(C)CC(=O)O2. The molecule has 0 radical (unpaired) electrons. The number of ether oxygens (including phenoxy) is 1. The third-order valence-corrected chi connectivity index (χ3v) is 2.67. The molecule has 1 heterocycles. The molecule has 1 aliphatic heterocycles. The minimum absolute atomic E-state index is 0.114. The molecule has 0 bridgehead atoms. The highest BCUT2D eigenvalue weighted by Gasteiger charge is 2.25. The molecule has 2 heteroatoms. The minimum atomic E-state index is -0.114. The summed E-state index contributed by atoms with van der Waals surface area (Å²) in [5.74, 6) is 0.946. The molecule has 2 nitrogen and oxygen atoms in total. The fourth-order valence-electron chi connectivity index (χ4n) is 2.01. The monoisotopic (exact) mass is 190 g/mol. The van der Waals surface area contributed by atoms with E-state index in [1.165, 1.54) is 11.1 Å². The Morgan fingerprint density at radius 3 is 2.79 bits per heavy atom. The Hall–Kier alpha value is -1.31. The van der Waals surface area contributed by atoms with Gasteiger partial charge in [-0.25, -0.2) is 0 Å². The number of hydrogen-bond acceptors (Lipinski definition) is 2. The van der Waals surface area contributed by atoms with Gasteiger partial charge in [0.15, 0.2) is 0 Å². The van der Waals surface area contributed by atoms with Crippen LogP contribution in [0, 0.1) is 13.8 Å². The third-order valence-electron chi connectivity index (χ3n) is 2.67. The number of fused-ring (bicyclic) bond motifs is 1. The van der Waals surface area contributed by atoms with Crippen LogP contribution in [0.25, 0.3) is 0 Å². The van der Waals surface area contributed by atoms with Crippen LogP contribution in [0.4, 0.5) is 0 Å². The predicted molar refractivity (Wildman–Crippen MR) is 54.6 cm³/mol. The molecule has 1 unspecified atom stereocenters. The van der Waals surface area contributed by atoms with Crippen molar-refractivity contribution in [3.05, 3.63) is 28.8 Å². The number of hydrogen-bond donors (Lipinski definition) is 0. The molecule has 1 aromatic rings. The van der Waals surface area contributed by atoms with Gasteiger partial charge in [-0.1, -0.05) is 24.6 Å². The van der Waals surface area contributed by atoms with E-state index in [-0.39, 0.29) is 11.9 Å². The lowest BCUT2D eigenvalue weighted by atomic mass is 9.91. The molecule has 2 rings (SSSR count). The van der Waals surface area contributed by atoms with Crippen LogP contribution in [-0.4, -0.2) is 5.97 Å². The van der Waals surface area contributed by atoms with Crippen molar-refractivity contribution in [2.75, 3.05) is 0 Å². The van der Waals surface area contributed by atoms with Crippen molar-refractivity contribution >= 4 is 5.97 Å². The van der Waals surface area contributed by atoms with Gasteiger partial charge in [-0.15, -0.1) is 0 Å². The molecule has 74 valence electrons. The zero-order chi connectivity index (χ0) is 10.3. The molecule has 0 aromatic heterocycles. The topological polar surface area (TPSA) is 26.3 Å². The first-order chi connectivity index (χ1) is 6.58. The van der Waals surface area contributed by atoms with Crippen LogP contribution < -0.4 is 4.74 Å². The van der Waals surface area contributed by atoms with Crippen LogP contribution in [0.2, 0.25) is 0 Å². The normalized spacial score (nSPS) is 20.2. The molecule has 1 atom stereocenters. The molecule has 0 saturated heterocycles. The Balaban J connectivity index is 2.58. The average Bonchev–Trinajstić information content (AvgIpc) is 2.07. The third kappa shape index (κ3) is 1.41. The Morgan fingerprint density at radius 1 is 1.36 bits per heavy atom. The van der Waals surface area contributed by atoms with Crippen LogP contribution in [-0.2, 0) is 4.79 Å². The zero-order valence-corrected chi connectivity index (χ0v) is 8.76. The molecule has 1 aromatic carbocycles. The summed E-state index contributed by atoms with van der Waals surface area (Å²) >= 11 is 0. The summed E-state index contributed by atoms with van der Waals surface area (Å²) in [4.78, 5) is 11.3. The van der Waals surface area contributed by atoms with E-state index in [4.69, 9.17) is 4.74 Å². The maximum atomic E-state index is 11.3. The van der Waals surface area contributed by atoms with Crippen LogP contribution in [0.1, 0.15) is 36.0 Å².